The quantitative estimate of drug-likeness (QED) is 0.182. The third-order valence-corrected chi connectivity index (χ3v) is 8.45. The Morgan fingerprint density at radius 3 is 2.42 bits per heavy atom. The van der Waals surface area contributed by atoms with E-state index in [-0.39, 0.29) is 43.5 Å². The first-order valence-corrected chi connectivity index (χ1v) is 14.4. The van der Waals surface area contributed by atoms with E-state index in [1.807, 2.05) is 37.2 Å². The van der Waals surface area contributed by atoms with E-state index in [1.54, 1.807) is 23.1 Å². The molecular formula is C26H40N4O7S. The standard InChI is InChI=1S/C26H40N4O7S/c1-29(2)20-10-6-9-19-18(20)8-7-11-23(19)38(36,37)28-14-13-27-24(33)12-4-3-5-15-30-16-22(32)26(35)25(34)21(30)17-31/h6-11,21-22,25-26,28,31-32,34-35H,3-5,12-17H2,1-2H3,(H,27,33)/t21-,22+,25-,26-/m1/s1. The lowest BCUT2D eigenvalue weighted by molar-refractivity contribution is -0.145. The Morgan fingerprint density at radius 2 is 1.71 bits per heavy atom. The second kappa shape index (κ2) is 13.7. The van der Waals surface area contributed by atoms with Gasteiger partial charge in [-0.15, -0.1) is 0 Å². The summed E-state index contributed by atoms with van der Waals surface area (Å²) in [5, 5.41) is 43.4. The van der Waals surface area contributed by atoms with Crippen LogP contribution in [0.5, 0.6) is 0 Å². The molecule has 0 radical (unpaired) electrons. The van der Waals surface area contributed by atoms with Gasteiger partial charge < -0.3 is 30.6 Å². The molecule has 3 rings (SSSR count). The number of sulfonamides is 1. The van der Waals surface area contributed by atoms with Gasteiger partial charge >= 0.3 is 0 Å². The van der Waals surface area contributed by atoms with Crippen LogP contribution in [0.4, 0.5) is 5.69 Å². The molecule has 1 fully saturated rings. The number of amides is 1. The van der Waals surface area contributed by atoms with Gasteiger partial charge in [0.2, 0.25) is 15.9 Å². The topological polar surface area (TPSA) is 163 Å². The first-order chi connectivity index (χ1) is 18.1. The van der Waals surface area contributed by atoms with E-state index in [9.17, 15) is 33.6 Å². The third-order valence-electron chi connectivity index (χ3n) is 6.93. The molecule has 11 nitrogen and oxygen atoms in total. The van der Waals surface area contributed by atoms with Gasteiger partial charge in [0, 0.05) is 56.6 Å². The Hall–Kier alpha value is -2.32. The van der Waals surface area contributed by atoms with Gasteiger partial charge in [0.25, 0.3) is 0 Å². The maximum absolute atomic E-state index is 12.9. The number of aliphatic hydroxyl groups excluding tert-OH is 4. The summed E-state index contributed by atoms with van der Waals surface area (Å²) >= 11 is 0. The van der Waals surface area contributed by atoms with Crippen molar-refractivity contribution in [3.8, 4) is 0 Å². The number of carbonyl (C=O) groups is 1. The molecule has 1 aliphatic rings. The minimum absolute atomic E-state index is 0.0614. The second-order valence-electron chi connectivity index (χ2n) is 9.87. The molecule has 1 aliphatic heterocycles. The first-order valence-electron chi connectivity index (χ1n) is 12.9. The zero-order valence-electron chi connectivity index (χ0n) is 22.0. The maximum atomic E-state index is 12.9. The van der Waals surface area contributed by atoms with Crippen LogP contribution in [0.15, 0.2) is 41.3 Å². The SMILES string of the molecule is CN(C)c1cccc2c(S(=O)(=O)NCCNC(=O)CCCCCN3C[C@H](O)[C@@H](O)[C@H](O)[C@H]3CO)cccc12. The Bertz CT molecular complexity index is 1180. The smallest absolute Gasteiger partial charge is 0.241 e. The van der Waals surface area contributed by atoms with Crippen molar-refractivity contribution in [3.05, 3.63) is 36.4 Å². The van der Waals surface area contributed by atoms with Crippen LogP contribution >= 0.6 is 0 Å². The van der Waals surface area contributed by atoms with E-state index < -0.39 is 34.4 Å². The van der Waals surface area contributed by atoms with Crippen LogP contribution in [0.1, 0.15) is 25.7 Å². The number of fused-ring (bicyclic) bond motifs is 1. The molecule has 0 spiro atoms. The van der Waals surface area contributed by atoms with Crippen molar-refractivity contribution < 1.29 is 33.6 Å². The van der Waals surface area contributed by atoms with E-state index >= 15 is 0 Å². The van der Waals surface area contributed by atoms with Gasteiger partial charge in [-0.3, -0.25) is 9.69 Å². The highest BCUT2D eigenvalue weighted by molar-refractivity contribution is 7.89. The minimum Gasteiger partial charge on any atom is -0.395 e. The Kier molecular flexibility index (Phi) is 10.9. The summed E-state index contributed by atoms with van der Waals surface area (Å²) in [5.41, 5.74) is 0.921. The largest absolute Gasteiger partial charge is 0.395 e. The molecule has 12 heteroatoms. The number of likely N-dealkylation sites (tertiary alicyclic amines) is 1. The number of piperidine rings is 1. The van der Waals surface area contributed by atoms with Gasteiger partial charge in [0.15, 0.2) is 0 Å². The first kappa shape index (κ1) is 30.2. The molecule has 4 atom stereocenters. The number of unbranched alkanes of at least 4 members (excludes halogenated alkanes) is 2. The minimum atomic E-state index is -3.77. The fourth-order valence-corrected chi connectivity index (χ4v) is 6.11. The number of benzene rings is 2. The van der Waals surface area contributed by atoms with Crippen LogP contribution in [0.25, 0.3) is 10.8 Å². The van der Waals surface area contributed by atoms with Crippen LogP contribution in [-0.4, -0.2) is 111 Å². The van der Waals surface area contributed by atoms with Crippen LogP contribution in [0.2, 0.25) is 0 Å². The molecule has 0 aromatic heterocycles. The molecule has 0 bridgehead atoms. The second-order valence-corrected chi connectivity index (χ2v) is 11.6. The molecular weight excluding hydrogens is 512 g/mol. The average Bonchev–Trinajstić information content (AvgIpc) is 2.89. The van der Waals surface area contributed by atoms with E-state index in [4.69, 9.17) is 0 Å². The van der Waals surface area contributed by atoms with Crippen molar-refractivity contribution >= 4 is 32.4 Å². The number of hydrogen-bond acceptors (Lipinski definition) is 9. The molecule has 0 saturated carbocycles. The monoisotopic (exact) mass is 552 g/mol. The molecule has 1 heterocycles. The summed E-state index contributed by atoms with van der Waals surface area (Å²) in [5.74, 6) is -0.176. The highest BCUT2D eigenvalue weighted by Crippen LogP contribution is 2.30. The summed E-state index contributed by atoms with van der Waals surface area (Å²) in [7, 11) is 0.0331. The zero-order valence-corrected chi connectivity index (χ0v) is 22.8. The van der Waals surface area contributed by atoms with Crippen molar-refractivity contribution in [1.82, 2.24) is 14.9 Å². The number of hydrogen-bond donors (Lipinski definition) is 6. The van der Waals surface area contributed by atoms with Crippen LogP contribution in [0, 0.1) is 0 Å². The fraction of sp³-hybridized carbons (Fsp3) is 0.577. The van der Waals surface area contributed by atoms with Crippen LogP contribution in [0.3, 0.4) is 0 Å². The molecule has 2 aromatic carbocycles. The van der Waals surface area contributed by atoms with Crippen molar-refractivity contribution in [2.24, 2.45) is 0 Å². The molecule has 38 heavy (non-hydrogen) atoms. The van der Waals surface area contributed by atoms with Gasteiger partial charge in [0.1, 0.15) is 12.2 Å². The highest BCUT2D eigenvalue weighted by atomic mass is 32.2. The van der Waals surface area contributed by atoms with E-state index in [1.165, 1.54) is 0 Å². The molecule has 0 aliphatic carbocycles. The summed E-state index contributed by atoms with van der Waals surface area (Å²) < 4.78 is 28.5. The number of anilines is 1. The van der Waals surface area contributed by atoms with Crippen LogP contribution < -0.4 is 14.9 Å². The summed E-state index contributed by atoms with van der Waals surface area (Å²) in [6, 6.07) is 10.1. The maximum Gasteiger partial charge on any atom is 0.241 e. The Balaban J connectivity index is 1.39. The molecule has 1 saturated heterocycles. The Labute approximate surface area is 224 Å². The van der Waals surface area contributed by atoms with E-state index in [2.05, 4.69) is 10.0 Å². The normalized spacial score (nSPS) is 22.5. The number of nitrogens with one attached hydrogen (secondary N) is 2. The molecule has 0 unspecified atom stereocenters. The van der Waals surface area contributed by atoms with Crippen molar-refractivity contribution in [3.63, 3.8) is 0 Å². The number of nitrogens with zero attached hydrogens (tertiary/aromatic N) is 2. The number of β-amino-alcohol motifs (C(OH)–C–C–N with tert-alkyl or cyclic N) is 1. The van der Waals surface area contributed by atoms with E-state index in [0.717, 1.165) is 17.5 Å². The summed E-state index contributed by atoms with van der Waals surface area (Å²) in [4.78, 5) is 16.0. The lowest BCUT2D eigenvalue weighted by Crippen LogP contribution is -2.62. The third kappa shape index (κ3) is 7.41. The van der Waals surface area contributed by atoms with E-state index in [0.29, 0.717) is 24.8 Å². The number of carbonyl (C=O) groups excluding carboxylic acids is 1. The van der Waals surface area contributed by atoms with Gasteiger partial charge in [0.05, 0.1) is 23.6 Å². The summed E-state index contributed by atoms with van der Waals surface area (Å²) in [6.07, 6.45) is -1.25. The number of rotatable bonds is 13. The average molecular weight is 553 g/mol. The lowest BCUT2D eigenvalue weighted by Gasteiger charge is -2.43. The zero-order chi connectivity index (χ0) is 27.9. The van der Waals surface area contributed by atoms with Gasteiger partial charge in [-0.1, -0.05) is 30.7 Å². The highest BCUT2D eigenvalue weighted by Gasteiger charge is 2.40. The molecule has 1 amide bonds. The van der Waals surface area contributed by atoms with Crippen LogP contribution in [-0.2, 0) is 14.8 Å². The lowest BCUT2D eigenvalue weighted by atomic mass is 9.94. The predicted molar refractivity (Wildman–Crippen MR) is 145 cm³/mol. The molecule has 2 aromatic rings. The van der Waals surface area contributed by atoms with Gasteiger partial charge in [-0.25, -0.2) is 13.1 Å². The molecule has 212 valence electrons. The Morgan fingerprint density at radius 1 is 1.00 bits per heavy atom. The molecule has 6 N–H and O–H groups in total. The van der Waals surface area contributed by atoms with Crippen molar-refractivity contribution in [2.75, 3.05) is 51.8 Å². The van der Waals surface area contributed by atoms with Crippen molar-refractivity contribution in [1.29, 1.82) is 0 Å². The summed E-state index contributed by atoms with van der Waals surface area (Å²) in [6.45, 7) is 0.575. The van der Waals surface area contributed by atoms with Gasteiger partial charge in [-0.05, 0) is 31.5 Å². The van der Waals surface area contributed by atoms with Gasteiger partial charge in [-0.2, -0.15) is 0 Å². The van der Waals surface area contributed by atoms with Crippen molar-refractivity contribution in [2.45, 2.75) is 54.9 Å². The fourth-order valence-electron chi connectivity index (χ4n) is 4.85. The predicted octanol–water partition coefficient (Wildman–Crippen LogP) is -0.380. The number of aliphatic hydroxyl groups is 4.